The van der Waals surface area contributed by atoms with Gasteiger partial charge in [-0.25, -0.2) is 9.59 Å². The number of hydrogen-bond donors (Lipinski definition) is 0. The fourth-order valence-electron chi connectivity index (χ4n) is 2.23. The molecule has 2 aliphatic carbocycles. The van der Waals surface area contributed by atoms with Crippen molar-refractivity contribution >= 4 is 12.2 Å². The highest BCUT2D eigenvalue weighted by atomic mass is 16.1. The summed E-state index contributed by atoms with van der Waals surface area (Å²) in [6.07, 6.45) is 15.3. The molecule has 19 heavy (non-hydrogen) atoms. The van der Waals surface area contributed by atoms with Crippen molar-refractivity contribution in [2.24, 2.45) is 9.98 Å². The molecule has 0 radical (unpaired) electrons. The van der Waals surface area contributed by atoms with Crippen LogP contribution in [0.15, 0.2) is 56.8 Å². The van der Waals surface area contributed by atoms with Crippen LogP contribution in [-0.2, 0) is 9.59 Å². The van der Waals surface area contributed by atoms with Crippen LogP contribution in [0.2, 0.25) is 0 Å². The molecule has 2 aliphatic rings. The summed E-state index contributed by atoms with van der Waals surface area (Å²) in [6.45, 7) is 0. The zero-order valence-corrected chi connectivity index (χ0v) is 10.6. The monoisotopic (exact) mass is 254 g/mol. The Bertz CT molecular complexity index is 529. The predicted molar refractivity (Wildman–Crippen MR) is 71.7 cm³/mol. The standard InChI is InChI=1S/C15H14N2O2/c18-10-16-14-5-1-12(2-6-14)9-13-3-7-15(8-4-13)17-11-19/h1,3,5,7H,2,4,6,8-9H2. The molecule has 0 bridgehead atoms. The molecule has 0 aromatic rings. The summed E-state index contributed by atoms with van der Waals surface area (Å²) in [6, 6.07) is 0. The highest BCUT2D eigenvalue weighted by Gasteiger charge is 2.10. The van der Waals surface area contributed by atoms with Gasteiger partial charge in [-0.3, -0.25) is 0 Å². The van der Waals surface area contributed by atoms with Gasteiger partial charge in [-0.05, 0) is 44.3 Å². The topological polar surface area (TPSA) is 58.9 Å². The number of nitrogens with zero attached hydrogens (tertiary/aromatic N) is 2. The van der Waals surface area contributed by atoms with Gasteiger partial charge in [0.25, 0.3) is 0 Å². The minimum Gasteiger partial charge on any atom is -0.211 e. The van der Waals surface area contributed by atoms with Gasteiger partial charge in [-0.2, -0.15) is 9.98 Å². The highest BCUT2D eigenvalue weighted by molar-refractivity contribution is 5.40. The maximum atomic E-state index is 10.2. The van der Waals surface area contributed by atoms with Crippen molar-refractivity contribution in [3.05, 3.63) is 46.8 Å². The van der Waals surface area contributed by atoms with E-state index in [-0.39, 0.29) is 0 Å². The molecule has 4 nitrogen and oxygen atoms in total. The van der Waals surface area contributed by atoms with E-state index in [0.29, 0.717) is 0 Å². The maximum absolute atomic E-state index is 10.2. The fourth-order valence-corrected chi connectivity index (χ4v) is 2.23. The Morgan fingerprint density at radius 2 is 1.26 bits per heavy atom. The Morgan fingerprint density at radius 3 is 1.58 bits per heavy atom. The second-order valence-electron chi connectivity index (χ2n) is 4.55. The molecule has 0 atom stereocenters. The summed E-state index contributed by atoms with van der Waals surface area (Å²) in [4.78, 5) is 27.6. The number of allylic oxidation sites excluding steroid dienone is 8. The molecule has 0 fully saturated rings. The van der Waals surface area contributed by atoms with E-state index in [4.69, 9.17) is 0 Å². The molecule has 0 spiro atoms. The van der Waals surface area contributed by atoms with Crippen LogP contribution in [0.25, 0.3) is 0 Å². The maximum Gasteiger partial charge on any atom is 0.240 e. The largest absolute Gasteiger partial charge is 0.240 e. The molecule has 0 heterocycles. The number of carbonyl (C=O) groups excluding carboxylic acids is 2. The Labute approximate surface area is 111 Å². The summed E-state index contributed by atoms with van der Waals surface area (Å²) in [7, 11) is 0. The van der Waals surface area contributed by atoms with Gasteiger partial charge in [0.15, 0.2) is 0 Å². The van der Waals surface area contributed by atoms with Gasteiger partial charge in [0, 0.05) is 0 Å². The minimum atomic E-state index is 0.791. The highest BCUT2D eigenvalue weighted by Crippen LogP contribution is 2.28. The first kappa shape index (κ1) is 13.2. The van der Waals surface area contributed by atoms with E-state index in [0.717, 1.165) is 43.5 Å². The molecule has 0 aliphatic heterocycles. The normalized spacial score (nSPS) is 18.1. The zero-order valence-electron chi connectivity index (χ0n) is 10.6. The first-order valence-electron chi connectivity index (χ1n) is 6.25. The number of isocyanates is 2. The van der Waals surface area contributed by atoms with Gasteiger partial charge >= 0.3 is 0 Å². The van der Waals surface area contributed by atoms with Crippen molar-refractivity contribution in [2.45, 2.75) is 32.1 Å². The SMILES string of the molecule is O=C=NC1=CC=C(CC2=CC=C(N=C=O)CC2)CC1. The molecule has 0 saturated heterocycles. The molecule has 4 heteroatoms. The third-order valence-electron chi connectivity index (χ3n) is 3.26. The number of hydrogen-bond acceptors (Lipinski definition) is 4. The number of aliphatic imine (C=N–C) groups is 2. The van der Waals surface area contributed by atoms with Crippen molar-refractivity contribution in [3.8, 4) is 0 Å². The lowest BCUT2D eigenvalue weighted by atomic mass is 9.92. The van der Waals surface area contributed by atoms with E-state index in [1.165, 1.54) is 11.1 Å². The second-order valence-corrected chi connectivity index (χ2v) is 4.55. The lowest BCUT2D eigenvalue weighted by molar-refractivity contribution is 0.563. The lowest BCUT2D eigenvalue weighted by Gasteiger charge is -2.15. The van der Waals surface area contributed by atoms with E-state index in [9.17, 15) is 9.59 Å². The lowest BCUT2D eigenvalue weighted by Crippen LogP contribution is -1.97. The molecule has 96 valence electrons. The van der Waals surface area contributed by atoms with E-state index in [1.54, 1.807) is 12.2 Å². The van der Waals surface area contributed by atoms with E-state index in [2.05, 4.69) is 9.98 Å². The molecule has 0 unspecified atom stereocenters. The first-order chi connectivity index (χ1) is 9.31. The third-order valence-corrected chi connectivity index (χ3v) is 3.26. The summed E-state index contributed by atoms with van der Waals surface area (Å²) >= 11 is 0. The third kappa shape index (κ3) is 3.85. The van der Waals surface area contributed by atoms with Crippen LogP contribution in [0.5, 0.6) is 0 Å². The van der Waals surface area contributed by atoms with E-state index >= 15 is 0 Å². The summed E-state index contributed by atoms with van der Waals surface area (Å²) in [5.41, 5.74) is 4.26. The van der Waals surface area contributed by atoms with Crippen LogP contribution < -0.4 is 0 Å². The van der Waals surface area contributed by atoms with E-state index < -0.39 is 0 Å². The molecule has 2 rings (SSSR count). The van der Waals surface area contributed by atoms with Crippen LogP contribution in [0.4, 0.5) is 0 Å². The summed E-state index contributed by atoms with van der Waals surface area (Å²) < 4.78 is 0. The van der Waals surface area contributed by atoms with Crippen molar-refractivity contribution in [1.29, 1.82) is 0 Å². The van der Waals surface area contributed by atoms with Gasteiger partial charge in [0.2, 0.25) is 12.2 Å². The summed E-state index contributed by atoms with van der Waals surface area (Å²) in [5, 5.41) is 0. The molecule has 0 saturated carbocycles. The zero-order chi connectivity index (χ0) is 13.5. The smallest absolute Gasteiger partial charge is 0.211 e. The van der Waals surface area contributed by atoms with Crippen molar-refractivity contribution in [3.63, 3.8) is 0 Å². The van der Waals surface area contributed by atoms with Crippen molar-refractivity contribution in [2.75, 3.05) is 0 Å². The first-order valence-corrected chi connectivity index (χ1v) is 6.25. The van der Waals surface area contributed by atoms with Crippen molar-refractivity contribution < 1.29 is 9.59 Å². The molecule has 0 aromatic heterocycles. The summed E-state index contributed by atoms with van der Waals surface area (Å²) in [5.74, 6) is 0. The molecular formula is C15H14N2O2. The van der Waals surface area contributed by atoms with Crippen molar-refractivity contribution in [1.82, 2.24) is 0 Å². The van der Waals surface area contributed by atoms with Crippen LogP contribution in [0.3, 0.4) is 0 Å². The number of rotatable bonds is 4. The molecule has 0 N–H and O–H groups in total. The Hall–Kier alpha value is -2.28. The Balaban J connectivity index is 2.00. The van der Waals surface area contributed by atoms with Gasteiger partial charge in [-0.1, -0.05) is 23.3 Å². The minimum absolute atomic E-state index is 0.791. The van der Waals surface area contributed by atoms with Crippen LogP contribution in [-0.4, -0.2) is 12.2 Å². The van der Waals surface area contributed by atoms with Crippen LogP contribution >= 0.6 is 0 Å². The Morgan fingerprint density at radius 1 is 0.789 bits per heavy atom. The Kier molecular flexibility index (Phi) is 4.57. The van der Waals surface area contributed by atoms with E-state index in [1.807, 2.05) is 24.3 Å². The quantitative estimate of drug-likeness (QED) is 0.571. The fraction of sp³-hybridized carbons (Fsp3) is 0.333. The van der Waals surface area contributed by atoms with Gasteiger partial charge in [0.05, 0.1) is 11.4 Å². The van der Waals surface area contributed by atoms with Gasteiger partial charge < -0.3 is 0 Å². The second kappa shape index (κ2) is 6.60. The van der Waals surface area contributed by atoms with Crippen LogP contribution in [0.1, 0.15) is 32.1 Å². The molecular weight excluding hydrogens is 240 g/mol. The van der Waals surface area contributed by atoms with Gasteiger partial charge in [0.1, 0.15) is 0 Å². The van der Waals surface area contributed by atoms with Gasteiger partial charge in [-0.15, -0.1) is 0 Å². The van der Waals surface area contributed by atoms with Crippen LogP contribution in [0, 0.1) is 0 Å². The average molecular weight is 254 g/mol. The average Bonchev–Trinajstić information content (AvgIpc) is 2.44. The molecule has 0 amide bonds. The molecule has 0 aromatic carbocycles. The predicted octanol–water partition coefficient (Wildman–Crippen LogP) is 3.26.